The lowest BCUT2D eigenvalue weighted by atomic mass is 9.91. The molecule has 0 bridgehead atoms. The average molecular weight is 242 g/mol. The predicted octanol–water partition coefficient (Wildman–Crippen LogP) is 1.15. The molecule has 2 N–H and O–H groups in total. The van der Waals surface area contributed by atoms with Crippen LogP contribution in [0.2, 0.25) is 0 Å². The second-order valence-corrected chi connectivity index (χ2v) is 5.94. The van der Waals surface area contributed by atoms with Crippen LogP contribution in [0.4, 0.5) is 0 Å². The number of hydrogen-bond acceptors (Lipinski definition) is 2. The minimum absolute atomic E-state index is 0.0771. The second-order valence-electron chi connectivity index (χ2n) is 5.94. The van der Waals surface area contributed by atoms with Gasteiger partial charge in [0.1, 0.15) is 0 Å². The van der Waals surface area contributed by atoms with Crippen molar-refractivity contribution in [2.75, 3.05) is 19.6 Å². The number of amides is 1. The summed E-state index contributed by atoms with van der Waals surface area (Å²) >= 11 is 0. The van der Waals surface area contributed by atoms with Crippen molar-refractivity contribution in [3.8, 4) is 0 Å². The molecular weight excluding hydrogens is 224 g/mol. The van der Waals surface area contributed by atoms with Crippen molar-refractivity contribution >= 4 is 5.91 Å². The summed E-state index contributed by atoms with van der Waals surface area (Å²) in [4.78, 5) is 11.7. The number of fused-ring (bicyclic) bond motifs is 1. The van der Waals surface area contributed by atoms with Crippen molar-refractivity contribution in [3.63, 3.8) is 0 Å². The fourth-order valence-corrected chi connectivity index (χ4v) is 3.75. The van der Waals surface area contributed by atoms with E-state index in [0.717, 1.165) is 25.4 Å². The maximum Gasteiger partial charge on any atom is 0.227 e. The van der Waals surface area contributed by atoms with Gasteiger partial charge in [0.25, 0.3) is 0 Å². The molecule has 2 saturated heterocycles. The van der Waals surface area contributed by atoms with Crippen molar-refractivity contribution in [3.05, 3.63) is 35.4 Å². The number of nitrogens with one attached hydrogen (secondary N) is 2. The molecule has 1 aromatic carbocycles. The molecule has 0 spiro atoms. The molecular formula is C15H18N2O. The summed E-state index contributed by atoms with van der Waals surface area (Å²) in [6.45, 7) is 3.12. The molecule has 1 aliphatic carbocycles. The minimum Gasteiger partial charge on any atom is -0.356 e. The Labute approximate surface area is 107 Å². The van der Waals surface area contributed by atoms with E-state index >= 15 is 0 Å². The van der Waals surface area contributed by atoms with E-state index in [-0.39, 0.29) is 11.8 Å². The number of rotatable bonds is 2. The Bertz CT molecular complexity index is 496. The maximum absolute atomic E-state index is 11.7. The Hall–Kier alpha value is -1.35. The lowest BCUT2D eigenvalue weighted by molar-refractivity contribution is -0.120. The van der Waals surface area contributed by atoms with Crippen LogP contribution in [0.25, 0.3) is 0 Å². The highest BCUT2D eigenvalue weighted by Gasteiger charge is 2.57. The Morgan fingerprint density at radius 3 is 2.61 bits per heavy atom. The van der Waals surface area contributed by atoms with Crippen LogP contribution in [0.1, 0.15) is 29.9 Å². The average Bonchev–Trinajstić information content (AvgIpc) is 2.74. The fraction of sp³-hybridized carbons (Fsp3) is 0.533. The van der Waals surface area contributed by atoms with Crippen LogP contribution in [-0.2, 0) is 10.2 Å². The van der Waals surface area contributed by atoms with Gasteiger partial charge in [-0.25, -0.2) is 0 Å². The summed E-state index contributed by atoms with van der Waals surface area (Å²) in [7, 11) is 0. The van der Waals surface area contributed by atoms with E-state index in [1.807, 2.05) is 0 Å². The molecule has 2 aliphatic heterocycles. The number of benzene rings is 1. The van der Waals surface area contributed by atoms with Gasteiger partial charge in [-0.2, -0.15) is 0 Å². The Morgan fingerprint density at radius 2 is 2.06 bits per heavy atom. The molecule has 3 nitrogen and oxygen atoms in total. The topological polar surface area (TPSA) is 41.1 Å². The van der Waals surface area contributed by atoms with E-state index in [4.69, 9.17) is 0 Å². The first-order chi connectivity index (χ1) is 8.79. The van der Waals surface area contributed by atoms with Gasteiger partial charge >= 0.3 is 0 Å². The lowest BCUT2D eigenvalue weighted by Gasteiger charge is -2.14. The molecule has 0 aromatic heterocycles. The molecule has 0 radical (unpaired) electrons. The molecule has 3 atom stereocenters. The highest BCUT2D eigenvalue weighted by atomic mass is 16.2. The molecule has 18 heavy (non-hydrogen) atoms. The number of carbonyl (C=O) groups is 1. The normalized spacial score (nSPS) is 37.4. The van der Waals surface area contributed by atoms with E-state index in [0.29, 0.717) is 5.41 Å². The van der Waals surface area contributed by atoms with Gasteiger partial charge in [-0.15, -0.1) is 0 Å². The second kappa shape index (κ2) is 3.58. The Balaban J connectivity index is 1.60. The fourth-order valence-electron chi connectivity index (χ4n) is 3.75. The molecule has 94 valence electrons. The molecule has 3 aliphatic rings. The van der Waals surface area contributed by atoms with E-state index in [1.165, 1.54) is 24.1 Å². The quantitative estimate of drug-likeness (QED) is 0.817. The summed E-state index contributed by atoms with van der Waals surface area (Å²) < 4.78 is 0. The van der Waals surface area contributed by atoms with Crippen LogP contribution in [-0.4, -0.2) is 25.5 Å². The molecule has 3 unspecified atom stereocenters. The molecule has 3 fully saturated rings. The Kier molecular flexibility index (Phi) is 2.10. The van der Waals surface area contributed by atoms with Gasteiger partial charge in [-0.05, 0) is 36.4 Å². The predicted molar refractivity (Wildman–Crippen MR) is 69.5 cm³/mol. The molecule has 4 rings (SSSR count). The summed E-state index contributed by atoms with van der Waals surface area (Å²) in [6, 6.07) is 8.81. The lowest BCUT2D eigenvalue weighted by Crippen LogP contribution is -2.20. The summed E-state index contributed by atoms with van der Waals surface area (Å²) in [6.07, 6.45) is 2.27. The van der Waals surface area contributed by atoms with Crippen molar-refractivity contribution in [1.29, 1.82) is 0 Å². The van der Waals surface area contributed by atoms with Gasteiger partial charge in [-0.3, -0.25) is 4.79 Å². The van der Waals surface area contributed by atoms with Gasteiger partial charge in [0.2, 0.25) is 5.91 Å². The molecule has 1 amide bonds. The summed E-state index contributed by atoms with van der Waals surface area (Å²) in [5, 5.41) is 6.38. The zero-order valence-corrected chi connectivity index (χ0v) is 10.4. The van der Waals surface area contributed by atoms with Crippen LogP contribution < -0.4 is 10.6 Å². The van der Waals surface area contributed by atoms with Gasteiger partial charge in [0.05, 0.1) is 5.92 Å². The third-order valence-electron chi connectivity index (χ3n) is 5.00. The largest absolute Gasteiger partial charge is 0.356 e. The van der Waals surface area contributed by atoms with Crippen LogP contribution in [0.5, 0.6) is 0 Å². The zero-order chi connectivity index (χ0) is 12.2. The van der Waals surface area contributed by atoms with Crippen molar-refractivity contribution in [2.45, 2.75) is 24.2 Å². The molecule has 1 aromatic rings. The van der Waals surface area contributed by atoms with E-state index < -0.39 is 0 Å². The smallest absolute Gasteiger partial charge is 0.227 e. The monoisotopic (exact) mass is 242 g/mol. The van der Waals surface area contributed by atoms with Crippen molar-refractivity contribution < 1.29 is 4.79 Å². The van der Waals surface area contributed by atoms with Crippen molar-refractivity contribution in [1.82, 2.24) is 10.6 Å². The van der Waals surface area contributed by atoms with E-state index in [1.54, 1.807) is 0 Å². The first kappa shape index (κ1) is 10.6. The summed E-state index contributed by atoms with van der Waals surface area (Å²) in [5.41, 5.74) is 3.06. The molecule has 3 heteroatoms. The standard InChI is InChI=1S/C15H18N2O/c18-14-13(5-6-17-14)10-1-3-11(4-2-10)15-7-12(15)8-16-9-15/h1-4,12-13,16H,5-9H2,(H,17,18). The molecule has 2 heterocycles. The SMILES string of the molecule is O=C1NCCC1c1ccc(C23CNCC2C3)cc1. The third-order valence-corrected chi connectivity index (χ3v) is 5.00. The molecule has 1 saturated carbocycles. The first-order valence-corrected chi connectivity index (χ1v) is 6.88. The van der Waals surface area contributed by atoms with Gasteiger partial charge in [-0.1, -0.05) is 24.3 Å². The van der Waals surface area contributed by atoms with E-state index in [2.05, 4.69) is 34.9 Å². The Morgan fingerprint density at radius 1 is 1.22 bits per heavy atom. The zero-order valence-electron chi connectivity index (χ0n) is 10.4. The van der Waals surface area contributed by atoms with Crippen LogP contribution in [0, 0.1) is 5.92 Å². The highest BCUT2D eigenvalue weighted by molar-refractivity contribution is 5.85. The van der Waals surface area contributed by atoms with Gasteiger partial charge in [0.15, 0.2) is 0 Å². The van der Waals surface area contributed by atoms with Crippen LogP contribution >= 0.6 is 0 Å². The van der Waals surface area contributed by atoms with Gasteiger partial charge < -0.3 is 10.6 Å². The van der Waals surface area contributed by atoms with Gasteiger partial charge in [0, 0.05) is 18.5 Å². The maximum atomic E-state index is 11.7. The first-order valence-electron chi connectivity index (χ1n) is 6.88. The van der Waals surface area contributed by atoms with Crippen LogP contribution in [0.3, 0.4) is 0 Å². The number of hydrogen-bond donors (Lipinski definition) is 2. The highest BCUT2D eigenvalue weighted by Crippen LogP contribution is 2.56. The van der Waals surface area contributed by atoms with Crippen molar-refractivity contribution in [2.24, 2.45) is 5.92 Å². The number of piperidine rings is 1. The van der Waals surface area contributed by atoms with E-state index in [9.17, 15) is 4.79 Å². The third kappa shape index (κ3) is 1.37. The van der Waals surface area contributed by atoms with Crippen LogP contribution in [0.15, 0.2) is 24.3 Å². The number of carbonyl (C=O) groups excluding carboxylic acids is 1. The minimum atomic E-state index is 0.0771. The summed E-state index contributed by atoms with van der Waals surface area (Å²) in [5.74, 6) is 1.11.